The van der Waals surface area contributed by atoms with E-state index in [4.69, 9.17) is 9.47 Å². The Morgan fingerprint density at radius 1 is 1.02 bits per heavy atom. The Morgan fingerprint density at radius 2 is 1.77 bits per heavy atom. The summed E-state index contributed by atoms with van der Waals surface area (Å²) in [5.41, 5.74) is 0.215. The van der Waals surface area contributed by atoms with Crippen LogP contribution in [-0.4, -0.2) is 83.6 Å². The summed E-state index contributed by atoms with van der Waals surface area (Å²) in [4.78, 5) is 55.9. The van der Waals surface area contributed by atoms with Gasteiger partial charge in [-0.15, -0.1) is 0 Å². The van der Waals surface area contributed by atoms with E-state index in [0.717, 1.165) is 0 Å². The monoisotopic (exact) mass is 672 g/mol. The Morgan fingerprint density at radius 3 is 2.48 bits per heavy atom. The molecule has 3 rings (SSSR count). The predicted octanol–water partition coefficient (Wildman–Crippen LogP) is 4.36. The van der Waals surface area contributed by atoms with Crippen molar-refractivity contribution in [2.24, 2.45) is 0 Å². The SMILES string of the molecule is Cc1c(F)cccc1CNC(=O)N(C)[C@@H](CCC(=O)NC[C@H](CO)NC(=O)OC(C)(C)C)COC(=O)Nc1cc2cc(F)ccc2cn1. The lowest BCUT2D eigenvalue weighted by atomic mass is 10.1. The van der Waals surface area contributed by atoms with E-state index >= 15 is 0 Å². The van der Waals surface area contributed by atoms with Crippen LogP contribution in [-0.2, 0) is 20.8 Å². The fourth-order valence-electron chi connectivity index (χ4n) is 4.45. The van der Waals surface area contributed by atoms with Crippen LogP contribution in [0.1, 0.15) is 44.7 Å². The maximum absolute atomic E-state index is 14.0. The molecule has 0 saturated carbocycles. The molecule has 260 valence electrons. The maximum atomic E-state index is 14.0. The van der Waals surface area contributed by atoms with Crippen LogP contribution in [0.15, 0.2) is 48.7 Å². The standard InChI is InChI=1S/C33H42F2N6O7/c1-20-21(7-6-8-27(20)35)15-38-30(44)41(5)26(11-12-29(43)37-17-25(18-42)39-32(46)48-33(2,3)4)19-47-31(45)40-28-14-23-13-24(34)10-9-22(23)16-36-28/h6-10,13-14,16,25-26,42H,11-12,15,17-19H2,1-5H3,(H,37,43)(H,38,44)(H,39,46)(H,36,40,45)/t25-,26+/m1/s1. The summed E-state index contributed by atoms with van der Waals surface area (Å²) in [6, 6.07) is 7.99. The van der Waals surface area contributed by atoms with Gasteiger partial charge in [0.25, 0.3) is 0 Å². The van der Waals surface area contributed by atoms with Crippen LogP contribution in [0.25, 0.3) is 10.8 Å². The molecule has 0 spiro atoms. The molecule has 1 aromatic heterocycles. The Hall–Kier alpha value is -5.05. The highest BCUT2D eigenvalue weighted by Crippen LogP contribution is 2.18. The molecule has 3 aromatic rings. The Balaban J connectivity index is 1.62. The number of halogens is 2. The van der Waals surface area contributed by atoms with Crippen LogP contribution in [0, 0.1) is 18.6 Å². The second-order valence-corrected chi connectivity index (χ2v) is 12.1. The van der Waals surface area contributed by atoms with E-state index in [1.165, 1.54) is 48.5 Å². The number of ether oxygens (including phenoxy) is 2. The highest BCUT2D eigenvalue weighted by atomic mass is 19.1. The smallest absolute Gasteiger partial charge is 0.412 e. The number of aliphatic hydroxyl groups excluding tert-OH is 1. The molecule has 1 heterocycles. The number of nitrogens with zero attached hydrogens (tertiary/aromatic N) is 2. The molecule has 0 saturated heterocycles. The highest BCUT2D eigenvalue weighted by molar-refractivity contribution is 5.89. The van der Waals surface area contributed by atoms with Crippen molar-refractivity contribution in [2.45, 2.75) is 64.8 Å². The molecule has 2 aromatic carbocycles. The topological polar surface area (TPSA) is 171 Å². The number of carbonyl (C=O) groups is 4. The van der Waals surface area contributed by atoms with Gasteiger partial charge in [0.1, 0.15) is 29.7 Å². The van der Waals surface area contributed by atoms with E-state index in [1.807, 2.05) is 0 Å². The zero-order chi connectivity index (χ0) is 35.4. The third-order valence-corrected chi connectivity index (χ3v) is 7.19. The highest BCUT2D eigenvalue weighted by Gasteiger charge is 2.24. The fraction of sp³-hybridized carbons (Fsp3) is 0.424. The lowest BCUT2D eigenvalue weighted by molar-refractivity contribution is -0.121. The van der Waals surface area contributed by atoms with Crippen molar-refractivity contribution in [2.75, 3.05) is 32.1 Å². The molecule has 13 nitrogen and oxygen atoms in total. The molecule has 5 amide bonds. The Kier molecular flexibility index (Phi) is 13.4. The Labute approximate surface area is 277 Å². The summed E-state index contributed by atoms with van der Waals surface area (Å²) in [7, 11) is 1.46. The Bertz CT molecular complexity index is 1600. The molecule has 0 aliphatic rings. The number of carbonyl (C=O) groups excluding carboxylic acids is 4. The molecule has 0 aliphatic carbocycles. The average Bonchev–Trinajstić information content (AvgIpc) is 3.02. The lowest BCUT2D eigenvalue weighted by Gasteiger charge is -2.28. The third kappa shape index (κ3) is 12.0. The van der Waals surface area contributed by atoms with E-state index in [1.54, 1.807) is 39.8 Å². The van der Waals surface area contributed by atoms with Crippen LogP contribution in [0.4, 0.5) is 29.0 Å². The number of pyridine rings is 1. The molecule has 0 aliphatic heterocycles. The summed E-state index contributed by atoms with van der Waals surface area (Å²) in [5, 5.41) is 21.1. The molecule has 48 heavy (non-hydrogen) atoms. The number of anilines is 1. The number of likely N-dealkylation sites (N-methyl/N-ethyl adjacent to an activating group) is 1. The third-order valence-electron chi connectivity index (χ3n) is 7.19. The summed E-state index contributed by atoms with van der Waals surface area (Å²) >= 11 is 0. The number of benzene rings is 2. The first-order valence-corrected chi connectivity index (χ1v) is 15.3. The molecular formula is C33H42F2N6O7. The van der Waals surface area contributed by atoms with Gasteiger partial charge in [-0.25, -0.2) is 28.1 Å². The van der Waals surface area contributed by atoms with Crippen molar-refractivity contribution in [1.82, 2.24) is 25.8 Å². The van der Waals surface area contributed by atoms with E-state index in [-0.39, 0.29) is 38.4 Å². The second-order valence-electron chi connectivity index (χ2n) is 12.1. The molecule has 2 atom stereocenters. The van der Waals surface area contributed by atoms with Gasteiger partial charge in [-0.05, 0) is 81.0 Å². The van der Waals surface area contributed by atoms with Crippen molar-refractivity contribution in [1.29, 1.82) is 0 Å². The first-order chi connectivity index (χ1) is 22.6. The van der Waals surface area contributed by atoms with Gasteiger partial charge in [0.15, 0.2) is 0 Å². The van der Waals surface area contributed by atoms with Crippen LogP contribution >= 0.6 is 0 Å². The van der Waals surface area contributed by atoms with Gasteiger partial charge in [-0.1, -0.05) is 12.1 Å². The number of urea groups is 1. The second kappa shape index (κ2) is 17.2. The molecule has 15 heteroatoms. The number of amides is 5. The summed E-state index contributed by atoms with van der Waals surface area (Å²) in [5.74, 6) is -1.20. The fourth-order valence-corrected chi connectivity index (χ4v) is 4.45. The quantitative estimate of drug-likeness (QED) is 0.178. The van der Waals surface area contributed by atoms with Gasteiger partial charge < -0.3 is 35.4 Å². The van der Waals surface area contributed by atoms with Crippen LogP contribution < -0.4 is 21.3 Å². The number of hydrogen-bond donors (Lipinski definition) is 5. The average molecular weight is 673 g/mol. The molecule has 0 unspecified atom stereocenters. The number of aromatic nitrogens is 1. The molecule has 0 bridgehead atoms. The van der Waals surface area contributed by atoms with Crippen molar-refractivity contribution in [3.63, 3.8) is 0 Å². The van der Waals surface area contributed by atoms with Crippen molar-refractivity contribution in [3.8, 4) is 0 Å². The van der Waals surface area contributed by atoms with E-state index in [2.05, 4.69) is 26.3 Å². The summed E-state index contributed by atoms with van der Waals surface area (Å²) in [6.45, 7) is 5.83. The summed E-state index contributed by atoms with van der Waals surface area (Å²) < 4.78 is 38.2. The molecule has 5 N–H and O–H groups in total. The molecule has 0 fully saturated rings. The van der Waals surface area contributed by atoms with E-state index in [9.17, 15) is 33.1 Å². The van der Waals surface area contributed by atoms with Gasteiger partial charge in [0, 0.05) is 38.1 Å². The number of rotatable bonds is 13. The number of alkyl carbamates (subject to hydrolysis) is 1. The van der Waals surface area contributed by atoms with Gasteiger partial charge in [0.05, 0.1) is 18.7 Å². The van der Waals surface area contributed by atoms with Gasteiger partial charge >= 0.3 is 18.2 Å². The maximum Gasteiger partial charge on any atom is 0.412 e. The van der Waals surface area contributed by atoms with Crippen molar-refractivity contribution < 1.29 is 42.5 Å². The predicted molar refractivity (Wildman–Crippen MR) is 174 cm³/mol. The van der Waals surface area contributed by atoms with Crippen LogP contribution in [0.2, 0.25) is 0 Å². The normalized spacial score (nSPS) is 12.4. The zero-order valence-corrected chi connectivity index (χ0v) is 27.6. The van der Waals surface area contributed by atoms with Gasteiger partial charge in [-0.2, -0.15) is 0 Å². The number of aliphatic hydroxyl groups is 1. The number of fused-ring (bicyclic) bond motifs is 1. The first-order valence-electron chi connectivity index (χ1n) is 15.3. The van der Waals surface area contributed by atoms with Crippen LogP contribution in [0.3, 0.4) is 0 Å². The number of hydrogen-bond acceptors (Lipinski definition) is 8. The number of nitrogens with one attached hydrogen (secondary N) is 4. The summed E-state index contributed by atoms with van der Waals surface area (Å²) in [6.07, 6.45) is -0.235. The molecule has 0 radical (unpaired) electrons. The van der Waals surface area contributed by atoms with Crippen molar-refractivity contribution in [3.05, 3.63) is 71.4 Å². The minimum Gasteiger partial charge on any atom is -0.447 e. The first kappa shape index (κ1) is 37.4. The van der Waals surface area contributed by atoms with Gasteiger partial charge in [-0.3, -0.25) is 10.1 Å². The minimum atomic E-state index is -0.893. The van der Waals surface area contributed by atoms with Crippen molar-refractivity contribution >= 4 is 40.7 Å². The van der Waals surface area contributed by atoms with Gasteiger partial charge in [0.2, 0.25) is 5.91 Å². The lowest BCUT2D eigenvalue weighted by Crippen LogP contribution is -2.48. The van der Waals surface area contributed by atoms with E-state index < -0.39 is 60.1 Å². The zero-order valence-electron chi connectivity index (χ0n) is 27.6. The molecular weight excluding hydrogens is 630 g/mol. The largest absolute Gasteiger partial charge is 0.447 e. The minimum absolute atomic E-state index is 0.0305. The van der Waals surface area contributed by atoms with Crippen LogP contribution in [0.5, 0.6) is 0 Å². The van der Waals surface area contributed by atoms with E-state index in [0.29, 0.717) is 21.9 Å².